The number of amides is 3. The summed E-state index contributed by atoms with van der Waals surface area (Å²) in [6.07, 6.45) is 0.561. The van der Waals surface area contributed by atoms with Gasteiger partial charge in [0.2, 0.25) is 0 Å². The maximum Gasteiger partial charge on any atom is 0.273 e. The Kier molecular flexibility index (Phi) is 8.63. The van der Waals surface area contributed by atoms with Crippen LogP contribution in [0.1, 0.15) is 40.0 Å². The first-order valence-electron chi connectivity index (χ1n) is 11.6. The Hall–Kier alpha value is -2.70. The van der Waals surface area contributed by atoms with Crippen molar-refractivity contribution in [2.24, 2.45) is 11.8 Å². The van der Waals surface area contributed by atoms with Gasteiger partial charge < -0.3 is 0 Å². The second-order valence-electron chi connectivity index (χ2n) is 9.02. The predicted molar refractivity (Wildman–Crippen MR) is 143 cm³/mol. The van der Waals surface area contributed by atoms with E-state index in [1.54, 1.807) is 0 Å². The lowest BCUT2D eigenvalue weighted by Crippen LogP contribution is -2.57. The zero-order valence-corrected chi connectivity index (χ0v) is 23.6. The average Bonchev–Trinajstić information content (AvgIpc) is 3.13. The molecule has 0 bridgehead atoms. The van der Waals surface area contributed by atoms with Gasteiger partial charge in [0.15, 0.2) is 5.78 Å². The van der Waals surface area contributed by atoms with Gasteiger partial charge in [-0.3, -0.25) is 29.3 Å². The van der Waals surface area contributed by atoms with Gasteiger partial charge in [-0.05, 0) is 55.7 Å². The molecular weight excluding hydrogens is 653 g/mol. The normalized spacial score (nSPS) is 23.6. The lowest BCUT2D eigenvalue weighted by Gasteiger charge is -2.36. The van der Waals surface area contributed by atoms with E-state index in [1.165, 1.54) is 24.3 Å². The molecule has 0 radical (unpaired) electrons. The number of benzene rings is 2. The number of halogens is 4. The van der Waals surface area contributed by atoms with Crippen LogP contribution in [0.2, 0.25) is 0 Å². The van der Waals surface area contributed by atoms with Crippen LogP contribution < -0.4 is 0 Å². The van der Waals surface area contributed by atoms with Gasteiger partial charge in [-0.2, -0.15) is 5.01 Å². The van der Waals surface area contributed by atoms with Crippen molar-refractivity contribution in [1.82, 2.24) is 10.0 Å². The molecule has 13 heteroatoms. The zero-order valence-electron chi connectivity index (χ0n) is 19.6. The van der Waals surface area contributed by atoms with Gasteiger partial charge in [0.05, 0.1) is 16.8 Å². The van der Waals surface area contributed by atoms with Crippen molar-refractivity contribution in [2.75, 3.05) is 5.88 Å². The van der Waals surface area contributed by atoms with Crippen molar-refractivity contribution in [3.8, 4) is 0 Å². The van der Waals surface area contributed by atoms with Crippen LogP contribution in [0.3, 0.4) is 0 Å². The van der Waals surface area contributed by atoms with E-state index in [-0.39, 0.29) is 38.8 Å². The number of nitro groups is 1. The summed E-state index contributed by atoms with van der Waals surface area (Å²) < 4.78 is 13.5. The van der Waals surface area contributed by atoms with Gasteiger partial charge in [0.1, 0.15) is 11.9 Å². The zero-order chi connectivity index (χ0) is 27.7. The molecule has 4 rings (SSSR count). The lowest BCUT2D eigenvalue weighted by molar-refractivity contribution is -0.384. The first-order valence-corrected chi connectivity index (χ1v) is 14.0. The molecule has 1 heterocycles. The fraction of sp³-hybridized carbons (Fsp3) is 0.360. The van der Waals surface area contributed by atoms with Crippen LogP contribution in [0.15, 0.2) is 48.5 Å². The molecule has 2 aliphatic rings. The van der Waals surface area contributed by atoms with Crippen LogP contribution >= 0.6 is 43.5 Å². The molecule has 0 aromatic heterocycles. The standard InChI is InChI=1S/C25H21Br2ClFN3O6/c26-19-11-17-18(12-20(19)27)25(36)31(24(17)35)30(23(34)14-3-7-16(8-4-14)32(37)38)21(9-10-28)22(33)13-1-5-15(29)6-2-13/h1-8,17-21H,9-12H2/t17-,18+,19-,20-,21-/m0/s1. The van der Waals surface area contributed by atoms with Gasteiger partial charge in [0, 0.05) is 38.8 Å². The summed E-state index contributed by atoms with van der Waals surface area (Å²) in [4.78, 5) is 65.1. The monoisotopic (exact) mass is 671 g/mol. The molecule has 0 spiro atoms. The SMILES string of the molecule is O=C(c1ccc(F)cc1)[C@H](CCCl)N(C(=O)c1ccc([N+](=O)[O-])cc1)N1C(=O)[C@H]2C[C@H](Br)[C@@H](Br)C[C@H]2C1=O. The first-order chi connectivity index (χ1) is 18.0. The summed E-state index contributed by atoms with van der Waals surface area (Å²) in [6, 6.07) is 7.87. The topological polar surface area (TPSA) is 118 Å². The van der Waals surface area contributed by atoms with Crippen LogP contribution in [0.25, 0.3) is 0 Å². The largest absolute Gasteiger partial charge is 0.292 e. The fourth-order valence-electron chi connectivity index (χ4n) is 4.79. The van der Waals surface area contributed by atoms with Gasteiger partial charge in [-0.25, -0.2) is 9.40 Å². The number of carbonyl (C=O) groups excluding carboxylic acids is 4. The second-order valence-corrected chi connectivity index (χ2v) is 11.8. The highest BCUT2D eigenvalue weighted by Gasteiger charge is 2.56. The minimum Gasteiger partial charge on any atom is -0.292 e. The molecule has 1 aliphatic carbocycles. The summed E-state index contributed by atoms with van der Waals surface area (Å²) >= 11 is 13.1. The third-order valence-corrected chi connectivity index (χ3v) is 9.70. The number of carbonyl (C=O) groups is 4. The molecule has 200 valence electrons. The second kappa shape index (κ2) is 11.6. The Balaban J connectivity index is 1.80. The Morgan fingerprint density at radius 2 is 1.50 bits per heavy atom. The van der Waals surface area contributed by atoms with Crippen molar-refractivity contribution in [2.45, 2.75) is 35.0 Å². The van der Waals surface area contributed by atoms with Crippen molar-refractivity contribution >= 4 is 72.7 Å². The fourth-order valence-corrected chi connectivity index (χ4v) is 6.24. The number of alkyl halides is 3. The maximum atomic E-state index is 13.9. The molecule has 9 nitrogen and oxygen atoms in total. The van der Waals surface area contributed by atoms with Crippen LogP contribution in [-0.4, -0.2) is 60.0 Å². The molecule has 1 saturated heterocycles. The number of fused-ring (bicyclic) bond motifs is 1. The Bertz CT molecular complexity index is 1250. The molecule has 38 heavy (non-hydrogen) atoms. The van der Waals surface area contributed by atoms with Gasteiger partial charge in [-0.1, -0.05) is 31.9 Å². The van der Waals surface area contributed by atoms with Gasteiger partial charge >= 0.3 is 0 Å². The molecule has 2 aromatic carbocycles. The molecule has 1 aliphatic heterocycles. The molecule has 0 unspecified atom stereocenters. The number of imide groups is 1. The summed E-state index contributed by atoms with van der Waals surface area (Å²) in [5.41, 5.74) is -0.284. The number of ketones is 1. The van der Waals surface area contributed by atoms with Crippen LogP contribution in [-0.2, 0) is 9.59 Å². The minimum absolute atomic E-state index is 0.0561. The van der Waals surface area contributed by atoms with Crippen molar-refractivity contribution in [3.63, 3.8) is 0 Å². The van der Waals surface area contributed by atoms with E-state index >= 15 is 0 Å². The number of non-ortho nitro benzene ring substituents is 1. The molecule has 0 N–H and O–H groups in total. The minimum atomic E-state index is -1.38. The number of hydrogen-bond acceptors (Lipinski definition) is 6. The van der Waals surface area contributed by atoms with E-state index < -0.39 is 52.1 Å². The molecular formula is C25H21Br2ClFN3O6. The van der Waals surface area contributed by atoms with E-state index in [1.807, 2.05) is 0 Å². The third kappa shape index (κ3) is 5.39. The third-order valence-electron chi connectivity index (χ3n) is 6.75. The number of nitro benzene ring substituents is 1. The summed E-state index contributed by atoms with van der Waals surface area (Å²) in [6.45, 7) is 0. The van der Waals surface area contributed by atoms with Gasteiger partial charge in [0.25, 0.3) is 23.4 Å². The molecule has 2 aromatic rings. The van der Waals surface area contributed by atoms with E-state index in [0.717, 1.165) is 34.3 Å². The number of hydrazine groups is 1. The van der Waals surface area contributed by atoms with E-state index in [2.05, 4.69) is 31.9 Å². The van der Waals surface area contributed by atoms with Crippen LogP contribution in [0.5, 0.6) is 0 Å². The smallest absolute Gasteiger partial charge is 0.273 e. The van der Waals surface area contributed by atoms with E-state index in [4.69, 9.17) is 11.6 Å². The molecule has 3 amide bonds. The summed E-state index contributed by atoms with van der Waals surface area (Å²) in [5, 5.41) is 12.7. The molecule has 5 atom stereocenters. The van der Waals surface area contributed by atoms with Crippen molar-refractivity contribution in [3.05, 3.63) is 75.6 Å². The number of rotatable bonds is 8. The Morgan fingerprint density at radius 3 is 1.97 bits per heavy atom. The van der Waals surface area contributed by atoms with Gasteiger partial charge in [-0.15, -0.1) is 11.6 Å². The first kappa shape index (κ1) is 28.3. The van der Waals surface area contributed by atoms with Crippen LogP contribution in [0.4, 0.5) is 10.1 Å². The summed E-state index contributed by atoms with van der Waals surface area (Å²) in [7, 11) is 0. The van der Waals surface area contributed by atoms with Crippen LogP contribution in [0, 0.1) is 27.8 Å². The highest BCUT2D eigenvalue weighted by atomic mass is 79.9. The maximum absolute atomic E-state index is 13.9. The van der Waals surface area contributed by atoms with Crippen molar-refractivity contribution < 1.29 is 28.5 Å². The van der Waals surface area contributed by atoms with E-state index in [0.29, 0.717) is 12.8 Å². The number of nitrogens with zero attached hydrogens (tertiary/aromatic N) is 3. The number of Topliss-reactive ketones (excluding diaryl/α,β-unsaturated/α-hetero) is 1. The van der Waals surface area contributed by atoms with E-state index in [9.17, 15) is 33.7 Å². The summed E-state index contributed by atoms with van der Waals surface area (Å²) in [5.74, 6) is -4.84. The number of hydrogen-bond donors (Lipinski definition) is 0. The quantitative estimate of drug-likeness (QED) is 0.130. The molecule has 2 fully saturated rings. The lowest BCUT2D eigenvalue weighted by atomic mass is 9.81. The van der Waals surface area contributed by atoms with Crippen molar-refractivity contribution in [1.29, 1.82) is 0 Å². The highest BCUT2D eigenvalue weighted by molar-refractivity contribution is 9.12. The average molecular weight is 674 g/mol. The Labute approximate surface area is 238 Å². The predicted octanol–water partition coefficient (Wildman–Crippen LogP) is 4.89. The highest BCUT2D eigenvalue weighted by Crippen LogP contribution is 2.44. The molecule has 1 saturated carbocycles. The Morgan fingerprint density at radius 1 is 1.00 bits per heavy atom.